The minimum atomic E-state index is -4.27. The van der Waals surface area contributed by atoms with Gasteiger partial charge in [-0.2, -0.15) is 13.2 Å². The van der Waals surface area contributed by atoms with Crippen molar-refractivity contribution in [2.75, 3.05) is 26.2 Å². The summed E-state index contributed by atoms with van der Waals surface area (Å²) in [5, 5.41) is 0. The monoisotopic (exact) mass is 286 g/mol. The standard InChI is InChI=1S/C15H21F3N2/c16-15(17,18)14-6-4-12(5-7-14)13(10-19)11-20-8-2-1-3-9-20/h4-7,13H,1-3,8-11,19H2. The molecule has 1 aliphatic rings. The lowest BCUT2D eigenvalue weighted by Gasteiger charge is -2.30. The van der Waals surface area contributed by atoms with Gasteiger partial charge in [-0.25, -0.2) is 0 Å². The van der Waals surface area contributed by atoms with Crippen LogP contribution in [0.25, 0.3) is 0 Å². The zero-order chi connectivity index (χ0) is 14.6. The highest BCUT2D eigenvalue weighted by Crippen LogP contribution is 2.30. The van der Waals surface area contributed by atoms with Gasteiger partial charge in [-0.3, -0.25) is 0 Å². The summed E-state index contributed by atoms with van der Waals surface area (Å²) in [5.41, 5.74) is 6.09. The summed E-state index contributed by atoms with van der Waals surface area (Å²) in [6.07, 6.45) is -0.609. The Hall–Kier alpha value is -1.07. The molecule has 0 radical (unpaired) electrons. The number of nitrogens with zero attached hydrogens (tertiary/aromatic N) is 1. The number of hydrogen-bond acceptors (Lipinski definition) is 2. The molecular formula is C15H21F3N2. The molecule has 1 heterocycles. The van der Waals surface area contributed by atoms with Crippen LogP contribution < -0.4 is 5.73 Å². The summed E-state index contributed by atoms with van der Waals surface area (Å²) >= 11 is 0. The highest BCUT2D eigenvalue weighted by Gasteiger charge is 2.30. The van der Waals surface area contributed by atoms with E-state index in [0.29, 0.717) is 6.54 Å². The molecule has 0 amide bonds. The van der Waals surface area contributed by atoms with Crippen LogP contribution in [-0.2, 0) is 6.18 Å². The number of piperidine rings is 1. The van der Waals surface area contributed by atoms with Gasteiger partial charge in [0.1, 0.15) is 0 Å². The second-order valence-corrected chi connectivity index (χ2v) is 5.41. The van der Waals surface area contributed by atoms with Crippen molar-refractivity contribution in [3.05, 3.63) is 35.4 Å². The minimum absolute atomic E-state index is 0.107. The number of alkyl halides is 3. The normalized spacial score (nSPS) is 19.0. The van der Waals surface area contributed by atoms with E-state index in [0.717, 1.165) is 37.3 Å². The molecule has 0 bridgehead atoms. The number of halogens is 3. The average molecular weight is 286 g/mol. The summed E-state index contributed by atoms with van der Waals surface area (Å²) in [4.78, 5) is 2.36. The van der Waals surface area contributed by atoms with Crippen molar-refractivity contribution in [1.29, 1.82) is 0 Å². The molecule has 0 aliphatic carbocycles. The van der Waals surface area contributed by atoms with Crippen LogP contribution in [0.1, 0.15) is 36.3 Å². The SMILES string of the molecule is NCC(CN1CCCCC1)c1ccc(C(F)(F)F)cc1. The summed E-state index contributed by atoms with van der Waals surface area (Å²) < 4.78 is 37.6. The lowest BCUT2D eigenvalue weighted by molar-refractivity contribution is -0.137. The van der Waals surface area contributed by atoms with Crippen LogP contribution in [0, 0.1) is 0 Å². The molecule has 1 atom stereocenters. The van der Waals surface area contributed by atoms with Crippen LogP contribution in [0.4, 0.5) is 13.2 Å². The second-order valence-electron chi connectivity index (χ2n) is 5.41. The predicted molar refractivity (Wildman–Crippen MR) is 73.5 cm³/mol. The Bertz CT molecular complexity index is 408. The number of likely N-dealkylation sites (tertiary alicyclic amines) is 1. The smallest absolute Gasteiger partial charge is 0.330 e. The molecule has 5 heteroatoms. The molecule has 112 valence electrons. The van der Waals surface area contributed by atoms with Crippen molar-refractivity contribution in [2.45, 2.75) is 31.4 Å². The van der Waals surface area contributed by atoms with Gasteiger partial charge in [-0.05, 0) is 43.6 Å². The summed E-state index contributed by atoms with van der Waals surface area (Å²) in [5.74, 6) is 0.107. The van der Waals surface area contributed by atoms with Crippen molar-refractivity contribution in [3.63, 3.8) is 0 Å². The van der Waals surface area contributed by atoms with Crippen LogP contribution in [0.15, 0.2) is 24.3 Å². The first-order chi connectivity index (χ1) is 9.50. The molecule has 2 N–H and O–H groups in total. The topological polar surface area (TPSA) is 29.3 Å². The van der Waals surface area contributed by atoms with Crippen LogP contribution in [-0.4, -0.2) is 31.1 Å². The third-order valence-electron chi connectivity index (χ3n) is 3.92. The van der Waals surface area contributed by atoms with Crippen LogP contribution in [0.3, 0.4) is 0 Å². The quantitative estimate of drug-likeness (QED) is 0.920. The molecule has 0 spiro atoms. The van der Waals surface area contributed by atoms with E-state index in [1.54, 1.807) is 12.1 Å². The molecule has 1 fully saturated rings. The molecule has 2 rings (SSSR count). The average Bonchev–Trinajstić information content (AvgIpc) is 2.45. The molecule has 1 aliphatic heterocycles. The maximum atomic E-state index is 12.5. The van der Waals surface area contributed by atoms with Crippen LogP contribution >= 0.6 is 0 Å². The van der Waals surface area contributed by atoms with E-state index in [1.807, 2.05) is 0 Å². The Kier molecular flexibility index (Phi) is 5.05. The van der Waals surface area contributed by atoms with Crippen molar-refractivity contribution in [2.24, 2.45) is 5.73 Å². The highest BCUT2D eigenvalue weighted by molar-refractivity contribution is 5.27. The molecule has 0 aromatic heterocycles. The van der Waals surface area contributed by atoms with Crippen LogP contribution in [0.5, 0.6) is 0 Å². The first kappa shape index (κ1) is 15.3. The number of rotatable bonds is 4. The van der Waals surface area contributed by atoms with E-state index in [4.69, 9.17) is 5.73 Å². The maximum Gasteiger partial charge on any atom is 0.416 e. The zero-order valence-corrected chi connectivity index (χ0v) is 11.5. The Balaban J connectivity index is 2.03. The molecule has 1 unspecified atom stereocenters. The molecule has 2 nitrogen and oxygen atoms in total. The predicted octanol–water partition coefficient (Wildman–Crippen LogP) is 3.23. The van der Waals surface area contributed by atoms with Gasteiger partial charge in [0, 0.05) is 19.0 Å². The zero-order valence-electron chi connectivity index (χ0n) is 11.5. The van der Waals surface area contributed by atoms with Crippen LogP contribution in [0.2, 0.25) is 0 Å². The van der Waals surface area contributed by atoms with E-state index in [1.165, 1.54) is 19.3 Å². The molecule has 1 aromatic carbocycles. The Morgan fingerprint density at radius 2 is 1.65 bits per heavy atom. The van der Waals surface area contributed by atoms with Gasteiger partial charge in [0.25, 0.3) is 0 Å². The van der Waals surface area contributed by atoms with E-state index in [9.17, 15) is 13.2 Å². The van der Waals surface area contributed by atoms with Gasteiger partial charge >= 0.3 is 6.18 Å². The molecular weight excluding hydrogens is 265 g/mol. The van der Waals surface area contributed by atoms with E-state index >= 15 is 0 Å². The lowest BCUT2D eigenvalue weighted by Crippen LogP contribution is -2.35. The molecule has 0 saturated carbocycles. The number of hydrogen-bond donors (Lipinski definition) is 1. The Morgan fingerprint density at radius 1 is 1.05 bits per heavy atom. The van der Waals surface area contributed by atoms with Gasteiger partial charge in [-0.15, -0.1) is 0 Å². The summed E-state index contributed by atoms with van der Waals surface area (Å²) in [6.45, 7) is 3.43. The molecule has 1 aromatic rings. The summed E-state index contributed by atoms with van der Waals surface area (Å²) in [6, 6.07) is 5.41. The fourth-order valence-corrected chi connectivity index (χ4v) is 2.71. The fourth-order valence-electron chi connectivity index (χ4n) is 2.71. The maximum absolute atomic E-state index is 12.5. The van der Waals surface area contributed by atoms with Crippen molar-refractivity contribution in [3.8, 4) is 0 Å². The van der Waals surface area contributed by atoms with Gasteiger partial charge in [0.15, 0.2) is 0 Å². The fraction of sp³-hybridized carbons (Fsp3) is 0.600. The van der Waals surface area contributed by atoms with E-state index in [-0.39, 0.29) is 5.92 Å². The first-order valence-electron chi connectivity index (χ1n) is 7.10. The van der Waals surface area contributed by atoms with Gasteiger partial charge < -0.3 is 10.6 Å². The van der Waals surface area contributed by atoms with Crippen molar-refractivity contribution >= 4 is 0 Å². The largest absolute Gasteiger partial charge is 0.416 e. The highest BCUT2D eigenvalue weighted by atomic mass is 19.4. The van der Waals surface area contributed by atoms with Gasteiger partial charge in [0.05, 0.1) is 5.56 Å². The van der Waals surface area contributed by atoms with E-state index < -0.39 is 11.7 Å². The second kappa shape index (κ2) is 6.59. The molecule has 1 saturated heterocycles. The molecule has 20 heavy (non-hydrogen) atoms. The van der Waals surface area contributed by atoms with Gasteiger partial charge in [-0.1, -0.05) is 18.6 Å². The Labute approximate surface area is 117 Å². The number of nitrogens with two attached hydrogens (primary N) is 1. The Morgan fingerprint density at radius 3 is 2.15 bits per heavy atom. The third-order valence-corrected chi connectivity index (χ3v) is 3.92. The van der Waals surface area contributed by atoms with Crippen molar-refractivity contribution in [1.82, 2.24) is 4.90 Å². The first-order valence-corrected chi connectivity index (χ1v) is 7.10. The van der Waals surface area contributed by atoms with E-state index in [2.05, 4.69) is 4.90 Å². The van der Waals surface area contributed by atoms with Gasteiger partial charge in [0.2, 0.25) is 0 Å². The lowest BCUT2D eigenvalue weighted by atomic mass is 9.96. The summed E-state index contributed by atoms with van der Waals surface area (Å²) in [7, 11) is 0. The third kappa shape index (κ3) is 3.96. The van der Waals surface area contributed by atoms with Crippen molar-refractivity contribution < 1.29 is 13.2 Å². The number of benzene rings is 1. The minimum Gasteiger partial charge on any atom is -0.330 e.